The highest BCUT2D eigenvalue weighted by Crippen LogP contribution is 2.29. The summed E-state index contributed by atoms with van der Waals surface area (Å²) in [6.07, 6.45) is 0.385. The Labute approximate surface area is 183 Å². The molecule has 1 unspecified atom stereocenters. The largest absolute Gasteiger partial charge is 0.455 e. The maximum absolute atomic E-state index is 13.2. The van der Waals surface area contributed by atoms with E-state index in [1.54, 1.807) is 12.1 Å². The van der Waals surface area contributed by atoms with E-state index in [4.69, 9.17) is 4.74 Å². The summed E-state index contributed by atoms with van der Waals surface area (Å²) in [4.78, 5) is 25.8. The topological polar surface area (TPSA) is 67.4 Å². The highest BCUT2D eigenvalue weighted by Gasteiger charge is 2.28. The van der Waals surface area contributed by atoms with Crippen molar-refractivity contribution in [2.75, 3.05) is 5.32 Å². The minimum atomic E-state index is -0.723. The first-order chi connectivity index (χ1) is 14.8. The summed E-state index contributed by atoms with van der Waals surface area (Å²) in [5.74, 6) is 0.719. The number of hydrogen-bond donors (Lipinski definition) is 2. The molecule has 0 aromatic heterocycles. The second-order valence-corrected chi connectivity index (χ2v) is 8.37. The number of ether oxygens (including phenoxy) is 1. The van der Waals surface area contributed by atoms with Crippen molar-refractivity contribution in [2.45, 2.75) is 33.2 Å². The van der Waals surface area contributed by atoms with Crippen molar-refractivity contribution in [1.82, 2.24) is 5.32 Å². The van der Waals surface area contributed by atoms with Gasteiger partial charge >= 0.3 is 0 Å². The molecule has 0 aliphatic rings. The molecule has 0 spiro atoms. The van der Waals surface area contributed by atoms with Crippen LogP contribution in [0.2, 0.25) is 0 Å². The molecule has 5 heteroatoms. The van der Waals surface area contributed by atoms with E-state index in [1.165, 1.54) is 0 Å². The van der Waals surface area contributed by atoms with Gasteiger partial charge in [-0.15, -0.1) is 0 Å². The van der Waals surface area contributed by atoms with Crippen LogP contribution in [0, 0.1) is 5.41 Å². The predicted octanol–water partition coefficient (Wildman–Crippen LogP) is 5.19. The molecule has 0 radical (unpaired) electrons. The molecular weight excluding hydrogens is 388 g/mol. The SMILES string of the molecule is CC(C)(C)C(=O)NC(Cc1ccccc1)C(=O)Nc1ccccc1Oc1ccccc1. The Morgan fingerprint density at radius 3 is 2.06 bits per heavy atom. The van der Waals surface area contributed by atoms with Gasteiger partial charge < -0.3 is 15.4 Å². The van der Waals surface area contributed by atoms with Gasteiger partial charge in [-0.25, -0.2) is 0 Å². The zero-order valence-electron chi connectivity index (χ0n) is 18.1. The first-order valence-corrected chi connectivity index (χ1v) is 10.3. The van der Waals surface area contributed by atoms with Gasteiger partial charge in [0.2, 0.25) is 11.8 Å². The van der Waals surface area contributed by atoms with Crippen molar-refractivity contribution in [2.24, 2.45) is 5.41 Å². The van der Waals surface area contributed by atoms with E-state index in [1.807, 2.05) is 93.6 Å². The van der Waals surface area contributed by atoms with Crippen LogP contribution in [0.5, 0.6) is 11.5 Å². The Bertz CT molecular complexity index is 1010. The van der Waals surface area contributed by atoms with Crippen LogP contribution in [0.3, 0.4) is 0 Å². The fourth-order valence-electron chi connectivity index (χ4n) is 2.93. The third-order valence-corrected chi connectivity index (χ3v) is 4.70. The highest BCUT2D eigenvalue weighted by atomic mass is 16.5. The normalized spacial score (nSPS) is 12.0. The van der Waals surface area contributed by atoms with Crippen LogP contribution in [-0.2, 0) is 16.0 Å². The molecule has 0 aliphatic carbocycles. The zero-order chi connectivity index (χ0) is 22.3. The maximum Gasteiger partial charge on any atom is 0.247 e. The Kier molecular flexibility index (Phi) is 7.08. The van der Waals surface area contributed by atoms with Crippen molar-refractivity contribution in [3.8, 4) is 11.5 Å². The number of amides is 2. The third kappa shape index (κ3) is 6.44. The number of carbonyl (C=O) groups is 2. The Balaban J connectivity index is 1.80. The molecule has 0 heterocycles. The average Bonchev–Trinajstić information content (AvgIpc) is 2.75. The van der Waals surface area contributed by atoms with Gasteiger partial charge in [0.15, 0.2) is 5.75 Å². The zero-order valence-corrected chi connectivity index (χ0v) is 18.1. The maximum atomic E-state index is 13.2. The fraction of sp³-hybridized carbons (Fsp3) is 0.231. The van der Waals surface area contributed by atoms with E-state index in [2.05, 4.69) is 10.6 Å². The Hall–Kier alpha value is -3.60. The highest BCUT2D eigenvalue weighted by molar-refractivity contribution is 5.99. The summed E-state index contributed by atoms with van der Waals surface area (Å²) < 4.78 is 5.94. The van der Waals surface area contributed by atoms with Gasteiger partial charge in [0, 0.05) is 11.8 Å². The molecule has 2 N–H and O–H groups in total. The predicted molar refractivity (Wildman–Crippen MR) is 123 cm³/mol. The number of hydrogen-bond acceptors (Lipinski definition) is 3. The standard InChI is InChI=1S/C26H28N2O3/c1-26(2,3)25(30)28-22(18-19-12-6-4-7-13-19)24(29)27-21-16-10-11-17-23(21)31-20-14-8-5-9-15-20/h4-17,22H,18H2,1-3H3,(H,27,29)(H,28,30). The summed E-state index contributed by atoms with van der Waals surface area (Å²) >= 11 is 0. The van der Waals surface area contributed by atoms with Crippen LogP contribution in [-0.4, -0.2) is 17.9 Å². The van der Waals surface area contributed by atoms with Crippen LogP contribution < -0.4 is 15.4 Å². The Morgan fingerprint density at radius 2 is 1.42 bits per heavy atom. The van der Waals surface area contributed by atoms with Crippen molar-refractivity contribution in [3.05, 3.63) is 90.5 Å². The van der Waals surface area contributed by atoms with E-state index in [0.717, 1.165) is 5.56 Å². The minimum Gasteiger partial charge on any atom is -0.455 e. The number of nitrogens with one attached hydrogen (secondary N) is 2. The number of benzene rings is 3. The summed E-state index contributed by atoms with van der Waals surface area (Å²) in [6.45, 7) is 5.47. The molecule has 0 saturated carbocycles. The molecule has 0 aliphatic heterocycles. The molecule has 3 rings (SSSR count). The molecule has 3 aromatic rings. The third-order valence-electron chi connectivity index (χ3n) is 4.70. The molecule has 1 atom stereocenters. The number of carbonyl (C=O) groups excluding carboxylic acids is 2. The fourth-order valence-corrected chi connectivity index (χ4v) is 2.93. The van der Waals surface area contributed by atoms with Crippen molar-refractivity contribution in [3.63, 3.8) is 0 Å². The number of anilines is 1. The van der Waals surface area contributed by atoms with Crippen LogP contribution in [0.4, 0.5) is 5.69 Å². The lowest BCUT2D eigenvalue weighted by atomic mass is 9.94. The molecule has 0 fully saturated rings. The Morgan fingerprint density at radius 1 is 0.839 bits per heavy atom. The van der Waals surface area contributed by atoms with E-state index in [9.17, 15) is 9.59 Å². The molecule has 3 aromatic carbocycles. The number of rotatable bonds is 7. The minimum absolute atomic E-state index is 0.183. The lowest BCUT2D eigenvalue weighted by molar-refractivity contribution is -0.132. The second-order valence-electron chi connectivity index (χ2n) is 8.37. The molecule has 0 bridgehead atoms. The van der Waals surface area contributed by atoms with E-state index < -0.39 is 11.5 Å². The van der Waals surface area contributed by atoms with E-state index in [-0.39, 0.29) is 11.8 Å². The van der Waals surface area contributed by atoms with Crippen molar-refractivity contribution < 1.29 is 14.3 Å². The second kappa shape index (κ2) is 9.94. The first-order valence-electron chi connectivity index (χ1n) is 10.3. The lowest BCUT2D eigenvalue weighted by Gasteiger charge is -2.24. The molecule has 5 nitrogen and oxygen atoms in total. The van der Waals surface area contributed by atoms with Gasteiger partial charge in [-0.05, 0) is 29.8 Å². The molecule has 160 valence electrons. The van der Waals surface area contributed by atoms with E-state index in [0.29, 0.717) is 23.6 Å². The lowest BCUT2D eigenvalue weighted by Crippen LogP contribution is -2.48. The van der Waals surface area contributed by atoms with Gasteiger partial charge in [-0.1, -0.05) is 81.4 Å². The van der Waals surface area contributed by atoms with Gasteiger partial charge in [-0.3, -0.25) is 9.59 Å². The van der Waals surface area contributed by atoms with Gasteiger partial charge in [0.25, 0.3) is 0 Å². The quantitative estimate of drug-likeness (QED) is 0.557. The van der Waals surface area contributed by atoms with Crippen LogP contribution in [0.15, 0.2) is 84.9 Å². The van der Waals surface area contributed by atoms with Crippen molar-refractivity contribution >= 4 is 17.5 Å². The van der Waals surface area contributed by atoms with Crippen LogP contribution >= 0.6 is 0 Å². The summed E-state index contributed by atoms with van der Waals surface area (Å²) in [7, 11) is 0. The van der Waals surface area contributed by atoms with E-state index >= 15 is 0 Å². The molecule has 0 saturated heterocycles. The number of para-hydroxylation sites is 3. The van der Waals surface area contributed by atoms with Crippen molar-refractivity contribution in [1.29, 1.82) is 0 Å². The summed E-state index contributed by atoms with van der Waals surface area (Å²) in [6, 6.07) is 25.5. The average molecular weight is 417 g/mol. The van der Waals surface area contributed by atoms with Gasteiger partial charge in [0.1, 0.15) is 11.8 Å². The van der Waals surface area contributed by atoms with Crippen LogP contribution in [0.1, 0.15) is 26.3 Å². The summed E-state index contributed by atoms with van der Waals surface area (Å²) in [5, 5.41) is 5.83. The smallest absolute Gasteiger partial charge is 0.247 e. The summed E-state index contributed by atoms with van der Waals surface area (Å²) in [5.41, 5.74) is 0.897. The van der Waals surface area contributed by atoms with Crippen LogP contribution in [0.25, 0.3) is 0 Å². The molecule has 2 amide bonds. The monoisotopic (exact) mass is 416 g/mol. The van der Waals surface area contributed by atoms with Gasteiger partial charge in [-0.2, -0.15) is 0 Å². The molecular formula is C26H28N2O3. The molecule has 31 heavy (non-hydrogen) atoms. The van der Waals surface area contributed by atoms with Gasteiger partial charge in [0.05, 0.1) is 5.69 Å². The first kappa shape index (κ1) is 22.1.